The lowest BCUT2D eigenvalue weighted by Crippen LogP contribution is -2.47. The zero-order valence-electron chi connectivity index (χ0n) is 13.1. The van der Waals surface area contributed by atoms with E-state index >= 15 is 0 Å². The molecule has 6 heteroatoms. The summed E-state index contributed by atoms with van der Waals surface area (Å²) < 4.78 is 4.78. The number of methoxy groups -OCH3 is 1. The van der Waals surface area contributed by atoms with E-state index in [1.165, 1.54) is 12.7 Å². The van der Waals surface area contributed by atoms with Crippen LogP contribution in [0.4, 0.5) is 0 Å². The quantitative estimate of drug-likeness (QED) is 0.840. The smallest absolute Gasteiger partial charge is 0.312 e. The molecule has 0 saturated carbocycles. The van der Waals surface area contributed by atoms with E-state index in [0.717, 1.165) is 35.4 Å². The maximum Gasteiger partial charge on any atom is 0.312 e. The van der Waals surface area contributed by atoms with Crippen LogP contribution in [0.5, 0.6) is 0 Å². The van der Waals surface area contributed by atoms with Gasteiger partial charge in [-0.05, 0) is 36.6 Å². The SMILES string of the molecule is COC(=O)[C@@H]1CN(CCc2c[nH]c3ccc(Cl)cc23)CC[C@@H]1O. The molecular weight excluding hydrogens is 316 g/mol. The van der Waals surface area contributed by atoms with E-state index in [1.807, 2.05) is 24.4 Å². The number of esters is 1. The number of benzene rings is 1. The second-order valence-corrected chi connectivity index (χ2v) is 6.48. The maximum absolute atomic E-state index is 11.7. The summed E-state index contributed by atoms with van der Waals surface area (Å²) in [6.07, 6.45) is 2.87. The van der Waals surface area contributed by atoms with Crippen molar-refractivity contribution in [2.45, 2.75) is 18.9 Å². The van der Waals surface area contributed by atoms with Gasteiger partial charge in [0.25, 0.3) is 0 Å². The molecule has 0 radical (unpaired) electrons. The molecule has 0 unspecified atom stereocenters. The summed E-state index contributed by atoms with van der Waals surface area (Å²) >= 11 is 6.08. The van der Waals surface area contributed by atoms with E-state index in [4.69, 9.17) is 16.3 Å². The Kier molecular flexibility index (Phi) is 4.90. The Hall–Kier alpha value is -1.56. The van der Waals surface area contributed by atoms with E-state index < -0.39 is 12.0 Å². The number of hydrogen-bond acceptors (Lipinski definition) is 4. The van der Waals surface area contributed by atoms with Crippen molar-refractivity contribution in [2.75, 3.05) is 26.7 Å². The standard InChI is InChI=1S/C17H21ClN2O3/c1-23-17(22)14-10-20(7-5-16(14)21)6-4-11-9-19-15-3-2-12(18)8-13(11)15/h2-3,8-9,14,16,19,21H,4-7,10H2,1H3/t14-,16+/m1/s1. The fourth-order valence-electron chi connectivity index (χ4n) is 3.23. The van der Waals surface area contributed by atoms with E-state index in [9.17, 15) is 9.90 Å². The zero-order valence-corrected chi connectivity index (χ0v) is 13.8. The zero-order chi connectivity index (χ0) is 16.4. The molecule has 5 nitrogen and oxygen atoms in total. The summed E-state index contributed by atoms with van der Waals surface area (Å²) in [5.74, 6) is -0.785. The molecule has 2 N–H and O–H groups in total. The van der Waals surface area contributed by atoms with Gasteiger partial charge in [0.05, 0.1) is 19.1 Å². The summed E-state index contributed by atoms with van der Waals surface area (Å²) in [6, 6.07) is 5.82. The van der Waals surface area contributed by atoms with Crippen LogP contribution >= 0.6 is 11.6 Å². The van der Waals surface area contributed by atoms with Crippen molar-refractivity contribution in [2.24, 2.45) is 5.92 Å². The molecule has 0 amide bonds. The maximum atomic E-state index is 11.7. The number of likely N-dealkylation sites (tertiary alicyclic amines) is 1. The third-order valence-electron chi connectivity index (χ3n) is 4.59. The third kappa shape index (κ3) is 3.52. The molecule has 0 aliphatic carbocycles. The van der Waals surface area contributed by atoms with Crippen LogP contribution in [0.1, 0.15) is 12.0 Å². The number of hydrogen-bond donors (Lipinski definition) is 2. The van der Waals surface area contributed by atoms with Gasteiger partial charge in [0.2, 0.25) is 0 Å². The second-order valence-electron chi connectivity index (χ2n) is 6.04. The average Bonchev–Trinajstić information content (AvgIpc) is 2.95. The number of fused-ring (bicyclic) bond motifs is 1. The first-order valence-corrected chi connectivity index (χ1v) is 8.20. The molecule has 2 atom stereocenters. The highest BCUT2D eigenvalue weighted by Gasteiger charge is 2.33. The lowest BCUT2D eigenvalue weighted by atomic mass is 9.94. The Morgan fingerprint density at radius 2 is 2.35 bits per heavy atom. The van der Waals surface area contributed by atoms with Gasteiger partial charge in [-0.1, -0.05) is 11.6 Å². The Morgan fingerprint density at radius 1 is 1.52 bits per heavy atom. The van der Waals surface area contributed by atoms with Crippen molar-refractivity contribution >= 4 is 28.5 Å². The van der Waals surface area contributed by atoms with Gasteiger partial charge in [-0.3, -0.25) is 4.79 Å². The van der Waals surface area contributed by atoms with Crippen molar-refractivity contribution in [3.8, 4) is 0 Å². The van der Waals surface area contributed by atoms with Crippen LogP contribution in [-0.2, 0) is 16.0 Å². The molecule has 1 aromatic heterocycles. The van der Waals surface area contributed by atoms with Gasteiger partial charge in [-0.25, -0.2) is 0 Å². The van der Waals surface area contributed by atoms with Gasteiger partial charge in [0, 0.05) is 41.8 Å². The number of nitrogens with one attached hydrogen (secondary N) is 1. The number of aromatic amines is 1. The number of ether oxygens (including phenoxy) is 1. The van der Waals surface area contributed by atoms with Crippen molar-refractivity contribution in [1.82, 2.24) is 9.88 Å². The Morgan fingerprint density at radius 3 is 3.13 bits per heavy atom. The lowest BCUT2D eigenvalue weighted by molar-refractivity contribution is -0.152. The second kappa shape index (κ2) is 6.91. The number of aliphatic hydroxyl groups excluding tert-OH is 1. The number of rotatable bonds is 4. The van der Waals surface area contributed by atoms with Crippen LogP contribution in [0, 0.1) is 5.92 Å². The van der Waals surface area contributed by atoms with Gasteiger partial charge in [-0.2, -0.15) is 0 Å². The minimum Gasteiger partial charge on any atom is -0.469 e. The van der Waals surface area contributed by atoms with E-state index in [0.29, 0.717) is 13.0 Å². The molecule has 23 heavy (non-hydrogen) atoms. The Bertz CT molecular complexity index is 700. The van der Waals surface area contributed by atoms with Gasteiger partial charge < -0.3 is 19.7 Å². The molecule has 1 aliphatic heterocycles. The van der Waals surface area contributed by atoms with Crippen LogP contribution in [-0.4, -0.2) is 53.8 Å². The summed E-state index contributed by atoms with van der Waals surface area (Å²) in [7, 11) is 1.36. The molecule has 1 saturated heterocycles. The minimum absolute atomic E-state index is 0.332. The van der Waals surface area contributed by atoms with Crippen LogP contribution in [0.3, 0.4) is 0 Å². The summed E-state index contributed by atoms with van der Waals surface area (Å²) in [6.45, 7) is 2.16. The first kappa shape index (κ1) is 16.3. The number of aromatic nitrogens is 1. The molecule has 1 fully saturated rings. The lowest BCUT2D eigenvalue weighted by Gasteiger charge is -2.34. The normalized spacial score (nSPS) is 22.4. The monoisotopic (exact) mass is 336 g/mol. The largest absolute Gasteiger partial charge is 0.469 e. The van der Waals surface area contributed by atoms with E-state index in [1.54, 1.807) is 0 Å². The topological polar surface area (TPSA) is 65.6 Å². The van der Waals surface area contributed by atoms with Gasteiger partial charge in [-0.15, -0.1) is 0 Å². The number of H-pyrrole nitrogens is 1. The van der Waals surface area contributed by atoms with Crippen LogP contribution in [0.15, 0.2) is 24.4 Å². The van der Waals surface area contributed by atoms with E-state index in [-0.39, 0.29) is 5.97 Å². The molecule has 0 spiro atoms. The summed E-state index contributed by atoms with van der Waals surface area (Å²) in [5.41, 5.74) is 2.29. The van der Waals surface area contributed by atoms with Crippen molar-refractivity contribution in [3.63, 3.8) is 0 Å². The van der Waals surface area contributed by atoms with Crippen LogP contribution in [0.2, 0.25) is 5.02 Å². The molecule has 3 rings (SSSR count). The molecule has 1 aliphatic rings. The molecule has 0 bridgehead atoms. The van der Waals surface area contributed by atoms with Gasteiger partial charge in [0.1, 0.15) is 0 Å². The highest BCUT2D eigenvalue weighted by molar-refractivity contribution is 6.31. The van der Waals surface area contributed by atoms with Gasteiger partial charge in [0.15, 0.2) is 0 Å². The van der Waals surface area contributed by atoms with Crippen LogP contribution < -0.4 is 0 Å². The number of halogens is 1. The highest BCUT2D eigenvalue weighted by Crippen LogP contribution is 2.24. The number of aliphatic hydroxyl groups is 1. The average molecular weight is 337 g/mol. The third-order valence-corrected chi connectivity index (χ3v) is 4.83. The predicted molar refractivity (Wildman–Crippen MR) is 89.6 cm³/mol. The van der Waals surface area contributed by atoms with Crippen molar-refractivity contribution in [1.29, 1.82) is 0 Å². The number of nitrogens with zero attached hydrogens (tertiary/aromatic N) is 1. The molecule has 1 aromatic carbocycles. The Balaban J connectivity index is 1.65. The first-order chi connectivity index (χ1) is 11.1. The minimum atomic E-state index is -0.606. The molecule has 124 valence electrons. The molecule has 2 heterocycles. The fourth-order valence-corrected chi connectivity index (χ4v) is 3.40. The molecule has 2 aromatic rings. The van der Waals surface area contributed by atoms with Crippen LogP contribution in [0.25, 0.3) is 10.9 Å². The number of carbonyl (C=O) groups excluding carboxylic acids is 1. The summed E-state index contributed by atoms with van der Waals surface area (Å²) in [5, 5.41) is 11.8. The van der Waals surface area contributed by atoms with Crippen molar-refractivity contribution < 1.29 is 14.6 Å². The highest BCUT2D eigenvalue weighted by atomic mass is 35.5. The Labute approximate surface area is 140 Å². The van der Waals surface area contributed by atoms with Crippen molar-refractivity contribution in [3.05, 3.63) is 35.0 Å². The summed E-state index contributed by atoms with van der Waals surface area (Å²) in [4.78, 5) is 17.2. The number of carbonyl (C=O) groups is 1. The fraction of sp³-hybridized carbons (Fsp3) is 0.471. The first-order valence-electron chi connectivity index (χ1n) is 7.82. The van der Waals surface area contributed by atoms with E-state index in [2.05, 4.69) is 9.88 Å². The van der Waals surface area contributed by atoms with Gasteiger partial charge >= 0.3 is 5.97 Å². The predicted octanol–water partition coefficient (Wildman–Crippen LogP) is 2.22. The number of piperidine rings is 1. The molecular formula is C17H21ClN2O3.